The van der Waals surface area contributed by atoms with Crippen LogP contribution in [0.5, 0.6) is 0 Å². The van der Waals surface area contributed by atoms with Gasteiger partial charge < -0.3 is 5.11 Å². The Kier molecular flexibility index (Phi) is 5.29. The van der Waals surface area contributed by atoms with Crippen LogP contribution in [0.25, 0.3) is 0 Å². The maximum Gasteiger partial charge on any atom is 0.0917 e. The molecule has 20 heavy (non-hydrogen) atoms. The minimum atomic E-state index is -0.440. The summed E-state index contributed by atoms with van der Waals surface area (Å²) in [6, 6.07) is 8.10. The first-order valence-electron chi connectivity index (χ1n) is 6.96. The van der Waals surface area contributed by atoms with Crippen molar-refractivity contribution < 1.29 is 5.11 Å². The Morgan fingerprint density at radius 2 is 1.95 bits per heavy atom. The summed E-state index contributed by atoms with van der Waals surface area (Å²) in [4.78, 5) is 7.78. The highest BCUT2D eigenvalue weighted by atomic mass is 32.1. The van der Waals surface area contributed by atoms with Gasteiger partial charge in [-0.3, -0.25) is 4.90 Å². The van der Waals surface area contributed by atoms with Crippen LogP contribution in [0.15, 0.2) is 30.5 Å². The van der Waals surface area contributed by atoms with Crippen molar-refractivity contribution in [1.82, 2.24) is 9.88 Å². The predicted octanol–water partition coefficient (Wildman–Crippen LogP) is 3.32. The van der Waals surface area contributed by atoms with Crippen LogP contribution in [-0.4, -0.2) is 28.1 Å². The third-order valence-electron chi connectivity index (χ3n) is 3.39. The number of aliphatic hydroxyl groups is 1. The number of aromatic nitrogens is 1. The second-order valence-electron chi connectivity index (χ2n) is 5.10. The summed E-state index contributed by atoms with van der Waals surface area (Å²) < 4.78 is 0. The maximum absolute atomic E-state index is 10.3. The smallest absolute Gasteiger partial charge is 0.0917 e. The van der Waals surface area contributed by atoms with Gasteiger partial charge in [-0.15, -0.1) is 11.3 Å². The first-order valence-corrected chi connectivity index (χ1v) is 7.78. The van der Waals surface area contributed by atoms with E-state index in [1.807, 2.05) is 37.4 Å². The molecule has 4 heteroatoms. The van der Waals surface area contributed by atoms with Crippen molar-refractivity contribution in [1.29, 1.82) is 0 Å². The zero-order chi connectivity index (χ0) is 14.5. The lowest BCUT2D eigenvalue weighted by Gasteiger charge is -2.23. The highest BCUT2D eigenvalue weighted by molar-refractivity contribution is 7.11. The van der Waals surface area contributed by atoms with E-state index in [-0.39, 0.29) is 0 Å². The summed E-state index contributed by atoms with van der Waals surface area (Å²) >= 11 is 1.72. The number of likely N-dealkylation sites (N-methyl/N-ethyl adjacent to an activating group) is 1. The number of hydrogen-bond acceptors (Lipinski definition) is 4. The summed E-state index contributed by atoms with van der Waals surface area (Å²) in [6.07, 6.45) is 1.49. The second-order valence-corrected chi connectivity index (χ2v) is 6.42. The van der Waals surface area contributed by atoms with E-state index >= 15 is 0 Å². The van der Waals surface area contributed by atoms with E-state index in [0.29, 0.717) is 6.54 Å². The van der Waals surface area contributed by atoms with Gasteiger partial charge in [0.25, 0.3) is 0 Å². The van der Waals surface area contributed by atoms with Crippen molar-refractivity contribution in [2.45, 2.75) is 33.4 Å². The number of nitrogens with zero attached hydrogens (tertiary/aromatic N) is 2. The Bertz CT molecular complexity index is 536. The van der Waals surface area contributed by atoms with Gasteiger partial charge >= 0.3 is 0 Å². The van der Waals surface area contributed by atoms with Crippen LogP contribution < -0.4 is 0 Å². The Labute approximate surface area is 124 Å². The molecule has 0 saturated carbocycles. The normalized spacial score (nSPS) is 12.8. The molecule has 0 spiro atoms. The van der Waals surface area contributed by atoms with E-state index in [4.69, 9.17) is 0 Å². The number of thiazole rings is 1. The molecule has 0 aliphatic heterocycles. The molecule has 2 rings (SSSR count). The topological polar surface area (TPSA) is 36.4 Å². The van der Waals surface area contributed by atoms with Crippen LogP contribution in [0, 0.1) is 13.8 Å². The van der Waals surface area contributed by atoms with Gasteiger partial charge in [-0.25, -0.2) is 4.98 Å². The molecule has 3 nitrogen and oxygen atoms in total. The van der Waals surface area contributed by atoms with Crippen LogP contribution >= 0.6 is 11.3 Å². The minimum Gasteiger partial charge on any atom is -0.387 e. The van der Waals surface area contributed by atoms with Gasteiger partial charge in [-0.2, -0.15) is 0 Å². The van der Waals surface area contributed by atoms with Crippen LogP contribution in [-0.2, 0) is 6.54 Å². The lowest BCUT2D eigenvalue weighted by molar-refractivity contribution is 0.113. The molecule has 0 bridgehead atoms. The van der Waals surface area contributed by atoms with Gasteiger partial charge in [0.1, 0.15) is 0 Å². The molecule has 1 N–H and O–H groups in total. The summed E-state index contributed by atoms with van der Waals surface area (Å²) in [7, 11) is 0. The number of aryl methyl sites for hydroxylation is 2. The van der Waals surface area contributed by atoms with E-state index in [1.54, 1.807) is 11.3 Å². The molecular weight excluding hydrogens is 268 g/mol. The number of hydrogen-bond donors (Lipinski definition) is 1. The van der Waals surface area contributed by atoms with Crippen molar-refractivity contribution in [3.63, 3.8) is 0 Å². The van der Waals surface area contributed by atoms with E-state index in [9.17, 15) is 5.11 Å². The lowest BCUT2D eigenvalue weighted by atomic mass is 10.1. The van der Waals surface area contributed by atoms with Crippen molar-refractivity contribution in [3.8, 4) is 0 Å². The van der Waals surface area contributed by atoms with Gasteiger partial charge in [0.05, 0.1) is 11.1 Å². The van der Waals surface area contributed by atoms with Crippen LogP contribution in [0.4, 0.5) is 0 Å². The Hall–Kier alpha value is -1.23. The summed E-state index contributed by atoms with van der Waals surface area (Å²) in [6.45, 7) is 8.61. The third-order valence-corrected chi connectivity index (χ3v) is 4.29. The van der Waals surface area contributed by atoms with Crippen LogP contribution in [0.2, 0.25) is 0 Å². The van der Waals surface area contributed by atoms with Crippen molar-refractivity contribution in [3.05, 3.63) is 51.5 Å². The van der Waals surface area contributed by atoms with E-state index in [0.717, 1.165) is 23.7 Å². The molecule has 108 valence electrons. The van der Waals surface area contributed by atoms with Gasteiger partial charge in [-0.05, 0) is 26.0 Å². The van der Waals surface area contributed by atoms with Crippen LogP contribution in [0.3, 0.4) is 0 Å². The molecule has 1 atom stereocenters. The molecule has 1 heterocycles. The zero-order valence-electron chi connectivity index (χ0n) is 12.3. The number of benzene rings is 1. The monoisotopic (exact) mass is 290 g/mol. The van der Waals surface area contributed by atoms with Gasteiger partial charge in [0.15, 0.2) is 0 Å². The molecule has 1 unspecified atom stereocenters. The largest absolute Gasteiger partial charge is 0.387 e. The molecule has 0 fully saturated rings. The highest BCUT2D eigenvalue weighted by Gasteiger charge is 2.13. The zero-order valence-corrected chi connectivity index (χ0v) is 13.2. The SMILES string of the molecule is CCN(Cc1cnc(C)s1)CC(O)c1ccc(C)cc1. The molecule has 0 saturated heterocycles. The number of rotatable bonds is 6. The summed E-state index contributed by atoms with van der Waals surface area (Å²) in [5, 5.41) is 11.4. The van der Waals surface area contributed by atoms with Gasteiger partial charge in [0.2, 0.25) is 0 Å². The van der Waals surface area contributed by atoms with E-state index in [2.05, 4.69) is 23.7 Å². The summed E-state index contributed by atoms with van der Waals surface area (Å²) in [5.74, 6) is 0. The van der Waals surface area contributed by atoms with Gasteiger partial charge in [0, 0.05) is 24.2 Å². The number of aliphatic hydroxyl groups excluding tert-OH is 1. The molecule has 0 radical (unpaired) electrons. The molecular formula is C16H22N2OS. The summed E-state index contributed by atoms with van der Waals surface area (Å²) in [5.41, 5.74) is 2.20. The fourth-order valence-electron chi connectivity index (χ4n) is 2.14. The molecule has 0 aliphatic rings. The standard InChI is InChI=1S/C16H22N2OS/c1-4-18(10-15-9-17-13(3)20-15)11-16(19)14-7-5-12(2)6-8-14/h5-9,16,19H,4,10-11H2,1-3H3. The van der Waals surface area contributed by atoms with E-state index < -0.39 is 6.10 Å². The fraction of sp³-hybridized carbons (Fsp3) is 0.438. The maximum atomic E-state index is 10.3. The fourth-order valence-corrected chi connectivity index (χ4v) is 2.98. The van der Waals surface area contributed by atoms with Crippen molar-refractivity contribution in [2.24, 2.45) is 0 Å². The van der Waals surface area contributed by atoms with Crippen molar-refractivity contribution in [2.75, 3.05) is 13.1 Å². The molecule has 0 aliphatic carbocycles. The first-order chi connectivity index (χ1) is 9.58. The first kappa shape index (κ1) is 15.2. The molecule has 0 amide bonds. The predicted molar refractivity (Wildman–Crippen MR) is 83.9 cm³/mol. The van der Waals surface area contributed by atoms with Crippen LogP contribution in [0.1, 0.15) is 34.0 Å². The Morgan fingerprint density at radius 3 is 2.50 bits per heavy atom. The third kappa shape index (κ3) is 4.13. The highest BCUT2D eigenvalue weighted by Crippen LogP contribution is 2.18. The second kappa shape index (κ2) is 6.97. The Balaban J connectivity index is 1.96. The molecule has 2 aromatic rings. The van der Waals surface area contributed by atoms with Crippen molar-refractivity contribution >= 4 is 11.3 Å². The molecule has 1 aromatic heterocycles. The molecule has 1 aromatic carbocycles. The van der Waals surface area contributed by atoms with Gasteiger partial charge in [-0.1, -0.05) is 36.8 Å². The minimum absolute atomic E-state index is 0.440. The quantitative estimate of drug-likeness (QED) is 0.886. The van der Waals surface area contributed by atoms with E-state index in [1.165, 1.54) is 10.4 Å². The Morgan fingerprint density at radius 1 is 1.25 bits per heavy atom. The average Bonchev–Trinajstić information content (AvgIpc) is 2.84. The average molecular weight is 290 g/mol. The lowest BCUT2D eigenvalue weighted by Crippen LogP contribution is -2.27.